The molecule has 4 fully saturated rings. The van der Waals surface area contributed by atoms with E-state index >= 15 is 0 Å². The van der Waals surface area contributed by atoms with Gasteiger partial charge in [-0.1, -0.05) is 27.7 Å². The molecule has 170 valence electrons. The number of carbonyl (C=O) groups is 2. The minimum absolute atomic E-state index is 0.125. The summed E-state index contributed by atoms with van der Waals surface area (Å²) in [6.07, 6.45) is 9.54. The first-order chi connectivity index (χ1) is 14.1. The summed E-state index contributed by atoms with van der Waals surface area (Å²) in [5.74, 6) is 3.07. The zero-order valence-corrected chi connectivity index (χ0v) is 19.5. The summed E-state index contributed by atoms with van der Waals surface area (Å²) in [7, 11) is 0. The lowest BCUT2D eigenvalue weighted by Crippen LogP contribution is -2.60. The van der Waals surface area contributed by atoms with E-state index in [9.17, 15) is 14.7 Å². The van der Waals surface area contributed by atoms with Gasteiger partial charge in [-0.3, -0.25) is 9.59 Å². The number of ketones is 1. The van der Waals surface area contributed by atoms with Gasteiger partial charge in [-0.05, 0) is 98.2 Å². The summed E-state index contributed by atoms with van der Waals surface area (Å²) in [5, 5.41) is 10.4. The summed E-state index contributed by atoms with van der Waals surface area (Å²) in [6, 6.07) is 0. The number of hydrogen-bond donors (Lipinski definition) is 2. The third kappa shape index (κ3) is 3.27. The molecule has 4 aliphatic rings. The number of nitrogens with two attached hydrogens (primary N) is 1. The molecule has 4 nitrogen and oxygen atoms in total. The normalized spacial score (nSPS) is 49.1. The molecule has 4 unspecified atom stereocenters. The first-order valence-corrected chi connectivity index (χ1v) is 12.6. The molecule has 0 bridgehead atoms. The molecule has 1 amide bonds. The van der Waals surface area contributed by atoms with Crippen LogP contribution in [-0.2, 0) is 9.59 Å². The van der Waals surface area contributed by atoms with Crippen molar-refractivity contribution in [3.8, 4) is 0 Å². The highest BCUT2D eigenvalue weighted by molar-refractivity contribution is 5.86. The van der Waals surface area contributed by atoms with Crippen LogP contribution < -0.4 is 5.73 Å². The molecule has 10 atom stereocenters. The van der Waals surface area contributed by atoms with Crippen molar-refractivity contribution in [2.24, 2.45) is 58.0 Å². The number of hydrogen-bond acceptors (Lipinski definition) is 3. The maximum Gasteiger partial charge on any atom is 0.217 e. The number of primary amides is 1. The van der Waals surface area contributed by atoms with Gasteiger partial charge in [0.1, 0.15) is 5.78 Å². The Kier molecular flexibility index (Phi) is 5.87. The highest BCUT2D eigenvalue weighted by Crippen LogP contribution is 2.68. The van der Waals surface area contributed by atoms with Gasteiger partial charge in [-0.2, -0.15) is 0 Å². The van der Waals surface area contributed by atoms with Crippen LogP contribution in [0, 0.1) is 52.3 Å². The SMILES string of the molecule is CCC1C(=O)C2C3CC[C@H]([C@H](C)CCC(N)=O)[C@@]3(C)CCC2[C@@]2(C)CC[C@@H](O)C[C@@H]12. The molecule has 30 heavy (non-hydrogen) atoms. The lowest BCUT2D eigenvalue weighted by atomic mass is 9.42. The maximum absolute atomic E-state index is 13.9. The Balaban J connectivity index is 1.62. The quantitative estimate of drug-likeness (QED) is 0.679. The van der Waals surface area contributed by atoms with E-state index in [1.165, 1.54) is 12.8 Å². The van der Waals surface area contributed by atoms with E-state index in [0.29, 0.717) is 41.8 Å². The summed E-state index contributed by atoms with van der Waals surface area (Å²) in [5.41, 5.74) is 5.84. The van der Waals surface area contributed by atoms with Gasteiger partial charge in [0.2, 0.25) is 5.91 Å². The van der Waals surface area contributed by atoms with E-state index in [0.717, 1.165) is 44.9 Å². The number of fused-ring (bicyclic) bond motifs is 5. The van der Waals surface area contributed by atoms with E-state index < -0.39 is 0 Å². The molecule has 0 aromatic heterocycles. The third-order valence-electron chi connectivity index (χ3n) is 10.7. The standard InChI is InChI=1S/C26H43NO3/c1-5-17-21-14-16(28)10-12-26(21,4)20-11-13-25(3)18(15(2)6-9-22(27)29)7-8-19(25)23(20)24(17)30/h15-21,23,28H,5-14H2,1-4H3,(H2,27,29)/t15-,16-,17?,18-,19?,20?,21+,23?,25-,26-/m1/s1. The number of amides is 1. The second kappa shape index (κ2) is 7.90. The van der Waals surface area contributed by atoms with Crippen LogP contribution >= 0.6 is 0 Å². The molecule has 4 aliphatic carbocycles. The number of carbonyl (C=O) groups excluding carboxylic acids is 2. The summed E-state index contributed by atoms with van der Waals surface area (Å²) >= 11 is 0. The van der Waals surface area contributed by atoms with E-state index in [4.69, 9.17) is 5.73 Å². The van der Waals surface area contributed by atoms with Crippen molar-refractivity contribution in [3.63, 3.8) is 0 Å². The topological polar surface area (TPSA) is 80.4 Å². The maximum atomic E-state index is 13.9. The largest absolute Gasteiger partial charge is 0.393 e. The third-order valence-corrected chi connectivity index (χ3v) is 10.7. The predicted octanol–water partition coefficient (Wildman–Crippen LogP) is 4.72. The number of Topliss-reactive ketones (excluding diaryl/α,β-unsaturated/α-hetero) is 1. The molecule has 0 aliphatic heterocycles. The van der Waals surface area contributed by atoms with Crippen LogP contribution in [0.5, 0.6) is 0 Å². The molecular formula is C26H43NO3. The second-order valence-electron chi connectivity index (χ2n) is 11.9. The van der Waals surface area contributed by atoms with E-state index in [1.54, 1.807) is 0 Å². The van der Waals surface area contributed by atoms with Gasteiger partial charge < -0.3 is 10.8 Å². The Morgan fingerprint density at radius 1 is 1.10 bits per heavy atom. The zero-order chi connectivity index (χ0) is 21.8. The van der Waals surface area contributed by atoms with Gasteiger partial charge >= 0.3 is 0 Å². The van der Waals surface area contributed by atoms with Gasteiger partial charge in [0.25, 0.3) is 0 Å². The first kappa shape index (κ1) is 22.3. The lowest BCUT2D eigenvalue weighted by Gasteiger charge is -2.62. The molecule has 0 heterocycles. The van der Waals surface area contributed by atoms with Crippen LogP contribution in [0.25, 0.3) is 0 Å². The van der Waals surface area contributed by atoms with Gasteiger partial charge in [0.05, 0.1) is 6.10 Å². The van der Waals surface area contributed by atoms with Gasteiger partial charge in [-0.15, -0.1) is 0 Å². The lowest BCUT2D eigenvalue weighted by molar-refractivity contribution is -0.173. The Morgan fingerprint density at radius 3 is 2.43 bits per heavy atom. The fourth-order valence-corrected chi connectivity index (χ4v) is 9.18. The number of aliphatic hydroxyl groups excluding tert-OH is 1. The Morgan fingerprint density at radius 2 is 1.77 bits per heavy atom. The molecule has 0 aromatic rings. The predicted molar refractivity (Wildman–Crippen MR) is 118 cm³/mol. The minimum Gasteiger partial charge on any atom is -0.393 e. The molecule has 4 heteroatoms. The zero-order valence-electron chi connectivity index (χ0n) is 19.5. The Bertz CT molecular complexity index is 692. The highest BCUT2D eigenvalue weighted by Gasteiger charge is 2.64. The fraction of sp³-hybridized carbons (Fsp3) is 0.923. The second-order valence-corrected chi connectivity index (χ2v) is 11.9. The van der Waals surface area contributed by atoms with Crippen molar-refractivity contribution in [1.82, 2.24) is 0 Å². The van der Waals surface area contributed by atoms with Crippen LogP contribution in [0.4, 0.5) is 0 Å². The summed E-state index contributed by atoms with van der Waals surface area (Å²) < 4.78 is 0. The fourth-order valence-electron chi connectivity index (χ4n) is 9.18. The molecule has 4 rings (SSSR count). The molecule has 0 radical (unpaired) electrons. The molecule has 3 N–H and O–H groups in total. The molecule has 0 aromatic carbocycles. The number of aliphatic hydroxyl groups is 1. The van der Waals surface area contributed by atoms with Crippen molar-refractivity contribution in [2.45, 2.75) is 98.0 Å². The molecule has 0 saturated heterocycles. The minimum atomic E-state index is -0.225. The number of rotatable bonds is 5. The first-order valence-electron chi connectivity index (χ1n) is 12.6. The summed E-state index contributed by atoms with van der Waals surface area (Å²) in [6.45, 7) is 9.39. The molecule has 0 spiro atoms. The van der Waals surface area contributed by atoms with Crippen LogP contribution in [0.15, 0.2) is 0 Å². The Labute approximate surface area is 182 Å². The van der Waals surface area contributed by atoms with Crippen molar-refractivity contribution in [3.05, 3.63) is 0 Å². The average molecular weight is 418 g/mol. The molecular weight excluding hydrogens is 374 g/mol. The van der Waals surface area contributed by atoms with Gasteiger partial charge in [0, 0.05) is 18.3 Å². The monoisotopic (exact) mass is 417 g/mol. The van der Waals surface area contributed by atoms with Crippen LogP contribution in [-0.4, -0.2) is 22.9 Å². The van der Waals surface area contributed by atoms with Crippen molar-refractivity contribution in [2.75, 3.05) is 0 Å². The van der Waals surface area contributed by atoms with Crippen LogP contribution in [0.3, 0.4) is 0 Å². The van der Waals surface area contributed by atoms with Crippen molar-refractivity contribution in [1.29, 1.82) is 0 Å². The average Bonchev–Trinajstić information content (AvgIpc) is 3.05. The Hall–Kier alpha value is -0.900. The highest BCUT2D eigenvalue weighted by atomic mass is 16.3. The van der Waals surface area contributed by atoms with Crippen molar-refractivity contribution < 1.29 is 14.7 Å². The molecule has 4 saturated carbocycles. The van der Waals surface area contributed by atoms with E-state index in [1.807, 2.05) is 0 Å². The van der Waals surface area contributed by atoms with Crippen LogP contribution in [0.1, 0.15) is 91.9 Å². The smallest absolute Gasteiger partial charge is 0.217 e. The van der Waals surface area contributed by atoms with E-state index in [-0.39, 0.29) is 34.7 Å². The summed E-state index contributed by atoms with van der Waals surface area (Å²) in [4.78, 5) is 25.3. The van der Waals surface area contributed by atoms with Gasteiger partial charge in [0.15, 0.2) is 0 Å². The van der Waals surface area contributed by atoms with Crippen molar-refractivity contribution >= 4 is 11.7 Å². The van der Waals surface area contributed by atoms with Gasteiger partial charge in [-0.25, -0.2) is 0 Å². The van der Waals surface area contributed by atoms with E-state index in [2.05, 4.69) is 27.7 Å². The van der Waals surface area contributed by atoms with Crippen LogP contribution in [0.2, 0.25) is 0 Å².